The Kier molecular flexibility index (Phi) is 3.78. The Bertz CT molecular complexity index is 462. The summed E-state index contributed by atoms with van der Waals surface area (Å²) in [6.45, 7) is 1.82. The largest absolute Gasteiger partial charge is 0.361 e. The minimum Gasteiger partial charge on any atom is -0.361 e. The summed E-state index contributed by atoms with van der Waals surface area (Å²) in [5.41, 5.74) is 0.735. The molecule has 2 rings (SSSR count). The molecule has 0 saturated carbocycles. The molecule has 0 aliphatic carbocycles. The van der Waals surface area contributed by atoms with E-state index in [0.29, 0.717) is 11.5 Å². The summed E-state index contributed by atoms with van der Waals surface area (Å²) >= 11 is 7.26. The van der Waals surface area contributed by atoms with Crippen LogP contribution in [0.3, 0.4) is 0 Å². The zero-order valence-corrected chi connectivity index (χ0v) is 11.0. The minimum absolute atomic E-state index is 0.423. The van der Waals surface area contributed by atoms with Crippen LogP contribution in [-0.2, 0) is 22.3 Å². The molecule has 2 aromatic rings. The Morgan fingerprint density at radius 2 is 2.31 bits per heavy atom. The van der Waals surface area contributed by atoms with E-state index in [1.165, 1.54) is 11.3 Å². The number of thiophene rings is 1. The van der Waals surface area contributed by atoms with Crippen molar-refractivity contribution in [2.24, 2.45) is 0 Å². The molecule has 0 radical (unpaired) electrons. The van der Waals surface area contributed by atoms with E-state index in [-0.39, 0.29) is 0 Å². The lowest BCUT2D eigenvalue weighted by molar-refractivity contribution is 0.392. The number of halogens is 1. The third kappa shape index (κ3) is 3.17. The van der Waals surface area contributed by atoms with Gasteiger partial charge < -0.3 is 4.52 Å². The number of hydrogen-bond donors (Lipinski definition) is 0. The molecular formula is C10H10ClNO2S2. The number of aryl methyl sites for hydroxylation is 1. The quantitative estimate of drug-likeness (QED) is 0.861. The molecule has 6 heteroatoms. The monoisotopic (exact) mass is 275 g/mol. The number of rotatable bonds is 4. The van der Waals surface area contributed by atoms with Crippen LogP contribution in [0, 0.1) is 6.92 Å². The maximum Gasteiger partial charge on any atom is 0.133 e. The van der Waals surface area contributed by atoms with Crippen LogP contribution in [0.1, 0.15) is 16.3 Å². The van der Waals surface area contributed by atoms with Crippen LogP contribution in [0.5, 0.6) is 0 Å². The third-order valence-electron chi connectivity index (χ3n) is 1.92. The van der Waals surface area contributed by atoms with Crippen molar-refractivity contribution in [2.45, 2.75) is 18.4 Å². The standard InChI is InChI=1S/C10H10ClNO2S2/c1-7-4-8(12-14-7)5-16(13)6-9-2-3-10(11)15-9/h2-4H,5-6H2,1H3. The van der Waals surface area contributed by atoms with Crippen molar-refractivity contribution in [3.8, 4) is 0 Å². The van der Waals surface area contributed by atoms with E-state index in [2.05, 4.69) is 5.16 Å². The molecule has 2 heterocycles. The second-order valence-corrected chi connectivity index (χ2v) is 6.62. The zero-order chi connectivity index (χ0) is 11.5. The molecule has 16 heavy (non-hydrogen) atoms. The van der Waals surface area contributed by atoms with Crippen molar-refractivity contribution in [3.05, 3.63) is 38.9 Å². The third-order valence-corrected chi connectivity index (χ3v) is 4.58. The van der Waals surface area contributed by atoms with Crippen molar-refractivity contribution in [1.82, 2.24) is 5.16 Å². The summed E-state index contributed by atoms with van der Waals surface area (Å²) < 4.78 is 17.4. The highest BCUT2D eigenvalue weighted by molar-refractivity contribution is 7.83. The van der Waals surface area contributed by atoms with Crippen molar-refractivity contribution < 1.29 is 8.73 Å². The van der Waals surface area contributed by atoms with Gasteiger partial charge in [-0.15, -0.1) is 11.3 Å². The Labute approximate surface area is 105 Å². The van der Waals surface area contributed by atoms with Crippen LogP contribution in [0.2, 0.25) is 4.34 Å². The highest BCUT2D eigenvalue weighted by Crippen LogP contribution is 2.23. The molecule has 0 N–H and O–H groups in total. The number of aromatic nitrogens is 1. The van der Waals surface area contributed by atoms with Crippen molar-refractivity contribution in [2.75, 3.05) is 0 Å². The summed E-state index contributed by atoms with van der Waals surface area (Å²) in [5, 5.41) is 3.81. The van der Waals surface area contributed by atoms with Gasteiger partial charge in [0.15, 0.2) is 0 Å². The summed E-state index contributed by atoms with van der Waals surface area (Å²) in [6, 6.07) is 5.53. The zero-order valence-electron chi connectivity index (χ0n) is 8.60. The van der Waals surface area contributed by atoms with Crippen molar-refractivity contribution >= 4 is 33.7 Å². The molecule has 0 amide bonds. The second kappa shape index (κ2) is 5.12. The van der Waals surface area contributed by atoms with Crippen LogP contribution < -0.4 is 0 Å². The first-order chi connectivity index (χ1) is 7.63. The smallest absolute Gasteiger partial charge is 0.133 e. The highest BCUT2D eigenvalue weighted by atomic mass is 35.5. The fourth-order valence-corrected chi connectivity index (χ4v) is 3.78. The van der Waals surface area contributed by atoms with Gasteiger partial charge in [0, 0.05) is 21.7 Å². The average Bonchev–Trinajstić information content (AvgIpc) is 2.76. The normalized spacial score (nSPS) is 12.9. The molecule has 0 spiro atoms. The van der Waals surface area contributed by atoms with E-state index in [9.17, 15) is 4.21 Å². The van der Waals surface area contributed by atoms with E-state index in [1.54, 1.807) is 6.07 Å². The van der Waals surface area contributed by atoms with Gasteiger partial charge in [-0.05, 0) is 19.1 Å². The Balaban J connectivity index is 1.94. The van der Waals surface area contributed by atoms with Crippen LogP contribution in [0.25, 0.3) is 0 Å². The van der Waals surface area contributed by atoms with Crippen LogP contribution in [0.15, 0.2) is 22.7 Å². The van der Waals surface area contributed by atoms with E-state index < -0.39 is 10.8 Å². The van der Waals surface area contributed by atoms with Gasteiger partial charge in [-0.2, -0.15) is 0 Å². The van der Waals surface area contributed by atoms with E-state index in [1.807, 2.05) is 19.1 Å². The summed E-state index contributed by atoms with van der Waals surface area (Å²) in [7, 11) is -0.966. The topological polar surface area (TPSA) is 43.1 Å². The maximum atomic E-state index is 11.8. The van der Waals surface area contributed by atoms with Crippen LogP contribution >= 0.6 is 22.9 Å². The molecule has 0 aliphatic heterocycles. The maximum absolute atomic E-state index is 11.8. The van der Waals surface area contributed by atoms with Gasteiger partial charge in [-0.3, -0.25) is 4.21 Å². The molecule has 2 aromatic heterocycles. The first-order valence-electron chi connectivity index (χ1n) is 4.65. The predicted molar refractivity (Wildman–Crippen MR) is 66.1 cm³/mol. The first kappa shape index (κ1) is 11.8. The Morgan fingerprint density at radius 1 is 1.50 bits per heavy atom. The Hall–Kier alpha value is -0.650. The average molecular weight is 276 g/mol. The van der Waals surface area contributed by atoms with Crippen molar-refractivity contribution in [3.63, 3.8) is 0 Å². The Morgan fingerprint density at radius 3 is 2.88 bits per heavy atom. The van der Waals surface area contributed by atoms with E-state index in [4.69, 9.17) is 16.1 Å². The second-order valence-electron chi connectivity index (χ2n) is 3.36. The van der Waals surface area contributed by atoms with Gasteiger partial charge in [-0.25, -0.2) is 0 Å². The van der Waals surface area contributed by atoms with E-state index >= 15 is 0 Å². The molecule has 1 unspecified atom stereocenters. The van der Waals surface area contributed by atoms with Crippen LogP contribution in [0.4, 0.5) is 0 Å². The molecule has 1 atom stereocenters. The van der Waals surface area contributed by atoms with Gasteiger partial charge in [0.2, 0.25) is 0 Å². The molecule has 0 aromatic carbocycles. The fraction of sp³-hybridized carbons (Fsp3) is 0.300. The molecule has 86 valence electrons. The van der Waals surface area contributed by atoms with Crippen molar-refractivity contribution in [1.29, 1.82) is 0 Å². The number of hydrogen-bond acceptors (Lipinski definition) is 4. The molecule has 0 aliphatic rings. The van der Waals surface area contributed by atoms with Gasteiger partial charge in [0.05, 0.1) is 21.5 Å². The number of nitrogens with zero attached hydrogens (tertiary/aromatic N) is 1. The molecule has 0 fully saturated rings. The molecule has 0 saturated heterocycles. The molecule has 0 bridgehead atoms. The lowest BCUT2D eigenvalue weighted by atomic mass is 10.4. The first-order valence-corrected chi connectivity index (χ1v) is 7.33. The highest BCUT2D eigenvalue weighted by Gasteiger charge is 2.08. The molecular weight excluding hydrogens is 266 g/mol. The lowest BCUT2D eigenvalue weighted by Gasteiger charge is -1.96. The van der Waals surface area contributed by atoms with Gasteiger partial charge >= 0.3 is 0 Å². The summed E-state index contributed by atoms with van der Waals surface area (Å²) in [5.74, 6) is 1.68. The SMILES string of the molecule is Cc1cc(CS(=O)Cc2ccc(Cl)s2)no1. The van der Waals surface area contributed by atoms with Gasteiger partial charge in [0.1, 0.15) is 5.76 Å². The summed E-state index contributed by atoms with van der Waals surface area (Å²) in [4.78, 5) is 1.03. The lowest BCUT2D eigenvalue weighted by Crippen LogP contribution is -1.98. The van der Waals surface area contributed by atoms with Gasteiger partial charge in [0.25, 0.3) is 0 Å². The van der Waals surface area contributed by atoms with Crippen LogP contribution in [-0.4, -0.2) is 9.37 Å². The summed E-state index contributed by atoms with van der Waals surface area (Å²) in [6.07, 6.45) is 0. The van der Waals surface area contributed by atoms with Gasteiger partial charge in [-0.1, -0.05) is 16.8 Å². The van der Waals surface area contributed by atoms with E-state index in [0.717, 1.165) is 20.7 Å². The fourth-order valence-electron chi connectivity index (χ4n) is 1.29. The molecule has 3 nitrogen and oxygen atoms in total. The predicted octanol–water partition coefficient (Wildman–Crippen LogP) is 3.15. The minimum atomic E-state index is -0.966.